The standard InChI is InChI=1S/C18H28FN3O/c1-2-3-6-11-21-12-14-22(15-13-21)18(23)20-10-9-16-7-4-5-8-17(16)19/h4-5,7-8H,2-3,6,9-15H2,1H3,(H,20,23). The van der Waals surface area contributed by atoms with Crippen molar-refractivity contribution in [3.05, 3.63) is 35.6 Å². The molecule has 0 bridgehead atoms. The van der Waals surface area contributed by atoms with Crippen LogP contribution in [-0.4, -0.2) is 55.1 Å². The van der Waals surface area contributed by atoms with E-state index in [9.17, 15) is 9.18 Å². The number of nitrogens with one attached hydrogen (secondary N) is 1. The van der Waals surface area contributed by atoms with Crippen LogP contribution in [0.25, 0.3) is 0 Å². The second kappa shape index (κ2) is 9.50. The molecule has 1 saturated heterocycles. The highest BCUT2D eigenvalue weighted by Gasteiger charge is 2.20. The van der Waals surface area contributed by atoms with Crippen LogP contribution in [0.15, 0.2) is 24.3 Å². The molecule has 5 heteroatoms. The fourth-order valence-electron chi connectivity index (χ4n) is 2.88. The van der Waals surface area contributed by atoms with Crippen molar-refractivity contribution in [2.24, 2.45) is 0 Å². The molecule has 1 aliphatic rings. The number of halogens is 1. The van der Waals surface area contributed by atoms with Crippen LogP contribution >= 0.6 is 0 Å². The van der Waals surface area contributed by atoms with E-state index in [1.165, 1.54) is 25.3 Å². The van der Waals surface area contributed by atoms with E-state index in [1.807, 2.05) is 11.0 Å². The van der Waals surface area contributed by atoms with Gasteiger partial charge in [-0.25, -0.2) is 9.18 Å². The average molecular weight is 321 g/mol. The van der Waals surface area contributed by atoms with E-state index < -0.39 is 0 Å². The van der Waals surface area contributed by atoms with Gasteiger partial charge in [-0.3, -0.25) is 4.90 Å². The van der Waals surface area contributed by atoms with Crippen molar-refractivity contribution in [1.82, 2.24) is 15.1 Å². The summed E-state index contributed by atoms with van der Waals surface area (Å²) in [6.45, 7) is 7.26. The first-order valence-electron chi connectivity index (χ1n) is 8.69. The Morgan fingerprint density at radius 1 is 1.17 bits per heavy atom. The van der Waals surface area contributed by atoms with E-state index in [0.717, 1.165) is 32.7 Å². The van der Waals surface area contributed by atoms with Crippen LogP contribution in [0.1, 0.15) is 31.7 Å². The summed E-state index contributed by atoms with van der Waals surface area (Å²) in [6, 6.07) is 6.68. The largest absolute Gasteiger partial charge is 0.338 e. The molecule has 23 heavy (non-hydrogen) atoms. The maximum Gasteiger partial charge on any atom is 0.317 e. The fourth-order valence-corrected chi connectivity index (χ4v) is 2.88. The van der Waals surface area contributed by atoms with E-state index in [2.05, 4.69) is 17.1 Å². The van der Waals surface area contributed by atoms with Crippen molar-refractivity contribution in [3.8, 4) is 0 Å². The first kappa shape index (κ1) is 17.7. The summed E-state index contributed by atoms with van der Waals surface area (Å²) in [7, 11) is 0. The number of carbonyl (C=O) groups excluding carboxylic acids is 1. The normalized spacial score (nSPS) is 15.7. The zero-order valence-corrected chi connectivity index (χ0v) is 14.1. The summed E-state index contributed by atoms with van der Waals surface area (Å²) in [5.41, 5.74) is 0.647. The third kappa shape index (κ3) is 5.82. The summed E-state index contributed by atoms with van der Waals surface area (Å²) in [5, 5.41) is 2.90. The van der Waals surface area contributed by atoms with E-state index in [1.54, 1.807) is 12.1 Å². The summed E-state index contributed by atoms with van der Waals surface area (Å²) in [6.07, 6.45) is 4.28. The number of rotatable bonds is 7. The topological polar surface area (TPSA) is 35.6 Å². The number of piperazine rings is 1. The van der Waals surface area contributed by atoms with Crippen LogP contribution in [0.4, 0.5) is 9.18 Å². The number of nitrogens with zero attached hydrogens (tertiary/aromatic N) is 2. The van der Waals surface area contributed by atoms with E-state index in [0.29, 0.717) is 18.5 Å². The van der Waals surface area contributed by atoms with Crippen molar-refractivity contribution in [3.63, 3.8) is 0 Å². The third-order valence-electron chi connectivity index (χ3n) is 4.37. The number of amides is 2. The van der Waals surface area contributed by atoms with Crippen molar-refractivity contribution in [1.29, 1.82) is 0 Å². The molecule has 0 atom stereocenters. The Hall–Kier alpha value is -1.62. The lowest BCUT2D eigenvalue weighted by Crippen LogP contribution is -2.52. The third-order valence-corrected chi connectivity index (χ3v) is 4.37. The van der Waals surface area contributed by atoms with Gasteiger partial charge in [0.25, 0.3) is 0 Å². The van der Waals surface area contributed by atoms with Crippen LogP contribution in [0, 0.1) is 5.82 Å². The molecule has 1 N–H and O–H groups in total. The first-order chi connectivity index (χ1) is 11.2. The lowest BCUT2D eigenvalue weighted by molar-refractivity contribution is 0.138. The Bertz CT molecular complexity index is 487. The predicted octanol–water partition coefficient (Wildman–Crippen LogP) is 2.89. The van der Waals surface area contributed by atoms with Crippen LogP contribution in [0.5, 0.6) is 0 Å². The van der Waals surface area contributed by atoms with Gasteiger partial charge in [0.05, 0.1) is 0 Å². The molecule has 1 aromatic rings. The molecule has 4 nitrogen and oxygen atoms in total. The molecule has 0 aliphatic carbocycles. The van der Waals surface area contributed by atoms with E-state index >= 15 is 0 Å². The Labute approximate surface area is 138 Å². The summed E-state index contributed by atoms with van der Waals surface area (Å²) >= 11 is 0. The Kier molecular flexibility index (Phi) is 7.33. The van der Waals surface area contributed by atoms with Gasteiger partial charge < -0.3 is 10.2 Å². The van der Waals surface area contributed by atoms with Gasteiger partial charge in [0.2, 0.25) is 0 Å². The molecule has 1 aliphatic heterocycles. The minimum absolute atomic E-state index is 0.0328. The van der Waals surface area contributed by atoms with Crippen LogP contribution < -0.4 is 5.32 Å². The van der Waals surface area contributed by atoms with Crippen LogP contribution in [0.2, 0.25) is 0 Å². The molecule has 1 fully saturated rings. The smallest absolute Gasteiger partial charge is 0.317 e. The van der Waals surface area contributed by atoms with Crippen molar-refractivity contribution in [2.45, 2.75) is 32.6 Å². The number of carbonyl (C=O) groups is 1. The SMILES string of the molecule is CCCCCN1CCN(C(=O)NCCc2ccccc2F)CC1. The monoisotopic (exact) mass is 321 g/mol. The first-order valence-corrected chi connectivity index (χ1v) is 8.69. The minimum Gasteiger partial charge on any atom is -0.338 e. The highest BCUT2D eigenvalue weighted by Crippen LogP contribution is 2.07. The maximum absolute atomic E-state index is 13.5. The van der Waals surface area contributed by atoms with Gasteiger partial charge in [-0.1, -0.05) is 38.0 Å². The van der Waals surface area contributed by atoms with Crippen molar-refractivity contribution < 1.29 is 9.18 Å². The molecule has 1 heterocycles. The Balaban J connectivity index is 1.64. The zero-order chi connectivity index (χ0) is 16.5. The molecule has 0 unspecified atom stereocenters. The molecule has 0 radical (unpaired) electrons. The Morgan fingerprint density at radius 3 is 2.61 bits per heavy atom. The number of unbranched alkanes of at least 4 members (excludes halogenated alkanes) is 2. The average Bonchev–Trinajstić information content (AvgIpc) is 2.57. The van der Waals surface area contributed by atoms with Gasteiger partial charge in [0.15, 0.2) is 0 Å². The lowest BCUT2D eigenvalue weighted by atomic mass is 10.1. The maximum atomic E-state index is 13.5. The van der Waals surface area contributed by atoms with Crippen molar-refractivity contribution in [2.75, 3.05) is 39.3 Å². The number of hydrogen-bond acceptors (Lipinski definition) is 2. The van der Waals surface area contributed by atoms with Gasteiger partial charge >= 0.3 is 6.03 Å². The molecular weight excluding hydrogens is 293 g/mol. The second-order valence-corrected chi connectivity index (χ2v) is 6.11. The molecule has 0 aromatic heterocycles. The highest BCUT2D eigenvalue weighted by molar-refractivity contribution is 5.74. The summed E-state index contributed by atoms with van der Waals surface area (Å²) in [5.74, 6) is -0.206. The molecule has 0 spiro atoms. The Morgan fingerprint density at radius 2 is 1.91 bits per heavy atom. The van der Waals surface area contributed by atoms with Crippen LogP contribution in [0.3, 0.4) is 0 Å². The van der Waals surface area contributed by atoms with Gasteiger partial charge in [-0.15, -0.1) is 0 Å². The summed E-state index contributed by atoms with van der Waals surface area (Å²) in [4.78, 5) is 16.4. The number of urea groups is 1. The van der Waals surface area contributed by atoms with Crippen molar-refractivity contribution >= 4 is 6.03 Å². The highest BCUT2D eigenvalue weighted by atomic mass is 19.1. The quantitative estimate of drug-likeness (QED) is 0.784. The molecule has 0 saturated carbocycles. The van der Waals surface area contributed by atoms with Gasteiger partial charge in [-0.2, -0.15) is 0 Å². The minimum atomic E-state index is -0.206. The molecule has 1 aromatic carbocycles. The second-order valence-electron chi connectivity index (χ2n) is 6.11. The van der Waals surface area contributed by atoms with Gasteiger partial charge in [0, 0.05) is 32.7 Å². The molecule has 128 valence electrons. The number of benzene rings is 1. The summed E-state index contributed by atoms with van der Waals surface area (Å²) < 4.78 is 13.5. The van der Waals surface area contributed by atoms with Crippen LogP contribution in [-0.2, 0) is 6.42 Å². The fraction of sp³-hybridized carbons (Fsp3) is 0.611. The molecule has 2 rings (SSSR count). The lowest BCUT2D eigenvalue weighted by Gasteiger charge is -2.34. The van der Waals surface area contributed by atoms with E-state index in [-0.39, 0.29) is 11.8 Å². The zero-order valence-electron chi connectivity index (χ0n) is 14.1. The van der Waals surface area contributed by atoms with Gasteiger partial charge in [-0.05, 0) is 31.0 Å². The van der Waals surface area contributed by atoms with Gasteiger partial charge in [0.1, 0.15) is 5.82 Å². The molecule has 2 amide bonds. The predicted molar refractivity (Wildman–Crippen MR) is 91.0 cm³/mol. The van der Waals surface area contributed by atoms with E-state index in [4.69, 9.17) is 0 Å². The number of hydrogen-bond donors (Lipinski definition) is 1. The molecular formula is C18H28FN3O.